The van der Waals surface area contributed by atoms with Gasteiger partial charge in [0.15, 0.2) is 0 Å². The highest BCUT2D eigenvalue weighted by molar-refractivity contribution is 5.85. The van der Waals surface area contributed by atoms with Crippen molar-refractivity contribution in [3.05, 3.63) is 35.9 Å². The lowest BCUT2D eigenvalue weighted by Crippen LogP contribution is -2.37. The van der Waals surface area contributed by atoms with Crippen LogP contribution >= 0.6 is 12.4 Å². The van der Waals surface area contributed by atoms with Gasteiger partial charge in [-0.05, 0) is 43.3 Å². The Hall–Kier alpha value is -1.59. The van der Waals surface area contributed by atoms with Crippen LogP contribution in [0.15, 0.2) is 30.3 Å². The number of nitrogens with zero attached hydrogens (tertiary/aromatic N) is 1. The van der Waals surface area contributed by atoms with Crippen LogP contribution < -0.4 is 11.1 Å². The van der Waals surface area contributed by atoms with Crippen LogP contribution in [0, 0.1) is 11.8 Å². The maximum Gasteiger partial charge on any atom is 0.223 e. The number of carbonyl (C=O) groups is 2. The summed E-state index contributed by atoms with van der Waals surface area (Å²) in [6, 6.07) is 9.88. The first-order valence-electron chi connectivity index (χ1n) is 8.87. The minimum Gasteiger partial charge on any atom is -0.370 e. The third-order valence-electron chi connectivity index (χ3n) is 4.88. The number of rotatable bonds is 8. The fourth-order valence-corrected chi connectivity index (χ4v) is 3.33. The predicted molar refractivity (Wildman–Crippen MR) is 102 cm³/mol. The quantitative estimate of drug-likeness (QED) is 0.740. The van der Waals surface area contributed by atoms with Crippen LogP contribution in [0.4, 0.5) is 0 Å². The zero-order valence-corrected chi connectivity index (χ0v) is 15.8. The van der Waals surface area contributed by atoms with Crippen molar-refractivity contribution in [3.8, 4) is 0 Å². The summed E-state index contributed by atoms with van der Waals surface area (Å²) in [6.45, 7) is 5.17. The van der Waals surface area contributed by atoms with E-state index in [9.17, 15) is 9.59 Å². The lowest BCUT2D eigenvalue weighted by molar-refractivity contribution is -0.133. The summed E-state index contributed by atoms with van der Waals surface area (Å²) in [5.41, 5.74) is 6.34. The first-order chi connectivity index (χ1) is 11.6. The summed E-state index contributed by atoms with van der Waals surface area (Å²) >= 11 is 0. The molecule has 140 valence electrons. The predicted octanol–water partition coefficient (Wildman–Crippen LogP) is 2.34. The largest absolute Gasteiger partial charge is 0.370 e. The molecule has 2 rings (SSSR count). The third kappa shape index (κ3) is 7.45. The molecule has 5 nitrogen and oxygen atoms in total. The van der Waals surface area contributed by atoms with Crippen molar-refractivity contribution in [2.75, 3.05) is 19.6 Å². The van der Waals surface area contributed by atoms with Crippen LogP contribution in [0.1, 0.15) is 38.2 Å². The molecule has 0 spiro atoms. The van der Waals surface area contributed by atoms with E-state index in [0.717, 1.165) is 31.5 Å². The molecule has 0 aliphatic carbocycles. The van der Waals surface area contributed by atoms with Gasteiger partial charge in [-0.2, -0.15) is 0 Å². The fourth-order valence-electron chi connectivity index (χ4n) is 3.33. The smallest absolute Gasteiger partial charge is 0.223 e. The number of primary amides is 1. The van der Waals surface area contributed by atoms with E-state index in [4.69, 9.17) is 5.73 Å². The fraction of sp³-hybridized carbons (Fsp3) is 0.579. The number of hydrogen-bond acceptors (Lipinski definition) is 3. The number of piperidine rings is 1. The van der Waals surface area contributed by atoms with E-state index >= 15 is 0 Å². The van der Waals surface area contributed by atoms with Crippen LogP contribution in [0.3, 0.4) is 0 Å². The molecule has 1 fully saturated rings. The normalized spacial score (nSPS) is 15.9. The third-order valence-corrected chi connectivity index (χ3v) is 4.88. The van der Waals surface area contributed by atoms with Gasteiger partial charge in [0.25, 0.3) is 0 Å². The van der Waals surface area contributed by atoms with Gasteiger partial charge < -0.3 is 16.0 Å². The van der Waals surface area contributed by atoms with Crippen molar-refractivity contribution in [1.82, 2.24) is 10.2 Å². The second kappa shape index (κ2) is 11.1. The van der Waals surface area contributed by atoms with E-state index in [-0.39, 0.29) is 30.6 Å². The van der Waals surface area contributed by atoms with Crippen molar-refractivity contribution in [1.29, 1.82) is 0 Å². The van der Waals surface area contributed by atoms with Gasteiger partial charge in [-0.15, -0.1) is 12.4 Å². The van der Waals surface area contributed by atoms with Gasteiger partial charge in [-0.1, -0.05) is 37.3 Å². The topological polar surface area (TPSA) is 75.4 Å². The zero-order valence-electron chi connectivity index (χ0n) is 14.9. The summed E-state index contributed by atoms with van der Waals surface area (Å²) < 4.78 is 0. The number of nitrogens with one attached hydrogen (secondary N) is 1. The summed E-state index contributed by atoms with van der Waals surface area (Å²) in [5, 5.41) is 3.36. The Labute approximate surface area is 156 Å². The molecule has 1 atom stereocenters. The molecule has 2 amide bonds. The molecule has 1 aromatic rings. The first kappa shape index (κ1) is 21.5. The minimum absolute atomic E-state index is 0. The standard InChI is InChI=1S/C19H29N3O2.ClH/c1-15(17-7-10-21-11-8-17)13-19(24)22(12-9-18(20)23)14-16-5-3-2-4-6-16;/h2-6,15,17,21H,7-14H2,1H3,(H2,20,23);1H. The van der Waals surface area contributed by atoms with E-state index in [1.165, 1.54) is 0 Å². The molecule has 1 heterocycles. The highest BCUT2D eigenvalue weighted by Gasteiger charge is 2.24. The second-order valence-corrected chi connectivity index (χ2v) is 6.79. The Bertz CT molecular complexity index is 533. The molecular weight excluding hydrogens is 338 g/mol. The minimum atomic E-state index is -0.368. The summed E-state index contributed by atoms with van der Waals surface area (Å²) in [5.74, 6) is 0.717. The molecular formula is C19H30ClN3O2. The van der Waals surface area contributed by atoms with Crippen molar-refractivity contribution in [3.63, 3.8) is 0 Å². The Kier molecular flexibility index (Phi) is 9.53. The van der Waals surface area contributed by atoms with Gasteiger partial charge >= 0.3 is 0 Å². The molecule has 25 heavy (non-hydrogen) atoms. The van der Waals surface area contributed by atoms with Gasteiger partial charge in [-0.3, -0.25) is 9.59 Å². The molecule has 0 saturated carbocycles. The molecule has 3 N–H and O–H groups in total. The number of nitrogens with two attached hydrogens (primary N) is 1. The summed E-state index contributed by atoms with van der Waals surface area (Å²) in [6.07, 6.45) is 3.01. The Morgan fingerprint density at radius 3 is 2.48 bits per heavy atom. The molecule has 1 aromatic carbocycles. The average molecular weight is 368 g/mol. The van der Waals surface area contributed by atoms with Crippen LogP contribution in [0.2, 0.25) is 0 Å². The van der Waals surface area contributed by atoms with Gasteiger partial charge in [0.1, 0.15) is 0 Å². The number of halogens is 1. The average Bonchev–Trinajstić information content (AvgIpc) is 2.60. The molecule has 0 bridgehead atoms. The van der Waals surface area contributed by atoms with Gasteiger partial charge in [0, 0.05) is 25.9 Å². The molecule has 1 saturated heterocycles. The number of carbonyl (C=O) groups excluding carboxylic acids is 2. The van der Waals surface area contributed by atoms with E-state index in [2.05, 4.69) is 12.2 Å². The van der Waals surface area contributed by atoms with Crippen LogP contribution in [-0.4, -0.2) is 36.3 Å². The van der Waals surface area contributed by atoms with Crippen molar-refractivity contribution in [2.45, 2.75) is 39.2 Å². The first-order valence-corrected chi connectivity index (χ1v) is 8.87. The zero-order chi connectivity index (χ0) is 17.4. The maximum absolute atomic E-state index is 12.8. The molecule has 6 heteroatoms. The lowest BCUT2D eigenvalue weighted by atomic mass is 9.84. The van der Waals surface area contributed by atoms with E-state index in [1.54, 1.807) is 4.90 Å². The summed E-state index contributed by atoms with van der Waals surface area (Å²) in [4.78, 5) is 25.7. The van der Waals surface area contributed by atoms with Crippen LogP contribution in [-0.2, 0) is 16.1 Å². The summed E-state index contributed by atoms with van der Waals surface area (Å²) in [7, 11) is 0. The lowest BCUT2D eigenvalue weighted by Gasteiger charge is -2.30. The molecule has 1 aliphatic rings. The maximum atomic E-state index is 12.8. The molecule has 0 radical (unpaired) electrons. The Morgan fingerprint density at radius 1 is 1.24 bits per heavy atom. The van der Waals surface area contributed by atoms with E-state index < -0.39 is 0 Å². The highest BCUT2D eigenvalue weighted by atomic mass is 35.5. The van der Waals surface area contributed by atoms with E-state index in [1.807, 2.05) is 30.3 Å². The van der Waals surface area contributed by atoms with Gasteiger partial charge in [-0.25, -0.2) is 0 Å². The van der Waals surface area contributed by atoms with Crippen molar-refractivity contribution < 1.29 is 9.59 Å². The van der Waals surface area contributed by atoms with E-state index in [0.29, 0.717) is 31.3 Å². The SMILES string of the molecule is CC(CC(=O)N(CCC(N)=O)Cc1ccccc1)C1CCNCC1.Cl. The number of amides is 2. The second-order valence-electron chi connectivity index (χ2n) is 6.79. The number of hydrogen-bond donors (Lipinski definition) is 2. The van der Waals surface area contributed by atoms with Crippen molar-refractivity contribution >= 4 is 24.2 Å². The van der Waals surface area contributed by atoms with Crippen LogP contribution in [0.25, 0.3) is 0 Å². The monoisotopic (exact) mass is 367 g/mol. The van der Waals surface area contributed by atoms with Gasteiger partial charge in [0.05, 0.1) is 0 Å². The van der Waals surface area contributed by atoms with Gasteiger partial charge in [0.2, 0.25) is 11.8 Å². The Balaban J connectivity index is 0.00000312. The number of benzene rings is 1. The molecule has 1 aliphatic heterocycles. The Morgan fingerprint density at radius 2 is 1.88 bits per heavy atom. The van der Waals surface area contributed by atoms with Crippen LogP contribution in [0.5, 0.6) is 0 Å². The van der Waals surface area contributed by atoms with Crippen molar-refractivity contribution in [2.24, 2.45) is 17.6 Å². The molecule has 0 aromatic heterocycles. The highest BCUT2D eigenvalue weighted by Crippen LogP contribution is 2.25. The molecule has 1 unspecified atom stereocenters.